The Balaban J connectivity index is 2.23. The van der Waals surface area contributed by atoms with E-state index >= 15 is 0 Å². The third-order valence-electron chi connectivity index (χ3n) is 3.61. The van der Waals surface area contributed by atoms with Gasteiger partial charge in [0, 0.05) is 18.7 Å². The van der Waals surface area contributed by atoms with Gasteiger partial charge in [0.25, 0.3) is 5.91 Å². The van der Waals surface area contributed by atoms with Crippen molar-refractivity contribution < 1.29 is 14.6 Å². The van der Waals surface area contributed by atoms with Crippen LogP contribution in [0, 0.1) is 11.3 Å². The quantitative estimate of drug-likeness (QED) is 0.924. The van der Waals surface area contributed by atoms with Crippen LogP contribution in [0.15, 0.2) is 12.1 Å². The van der Waals surface area contributed by atoms with Crippen molar-refractivity contribution in [3.63, 3.8) is 0 Å². The monoisotopic (exact) mass is 322 g/mol. The second-order valence-electron chi connectivity index (χ2n) is 5.32. The van der Waals surface area contributed by atoms with Crippen molar-refractivity contribution >= 4 is 17.5 Å². The van der Waals surface area contributed by atoms with Gasteiger partial charge in [-0.15, -0.1) is 0 Å². The molecule has 22 heavy (non-hydrogen) atoms. The van der Waals surface area contributed by atoms with Crippen LogP contribution in [0.4, 0.5) is 0 Å². The van der Waals surface area contributed by atoms with Crippen LogP contribution in [-0.4, -0.2) is 41.7 Å². The van der Waals surface area contributed by atoms with Crippen LogP contribution in [-0.2, 0) is 0 Å². The molecule has 118 valence electrons. The standard InChI is InChI=1S/C16H19ClN2O3/c1-2-7-22-15-12(10-18)8-11(9-14(15)17)16(21)19-5-3-13(20)4-6-19/h8-9,13,20H,2-7H2,1H3. The molecule has 1 aliphatic heterocycles. The van der Waals surface area contributed by atoms with Crippen molar-refractivity contribution in [1.29, 1.82) is 5.26 Å². The van der Waals surface area contributed by atoms with E-state index in [9.17, 15) is 15.2 Å². The van der Waals surface area contributed by atoms with Gasteiger partial charge in [-0.1, -0.05) is 18.5 Å². The Kier molecular flexibility index (Phi) is 5.64. The average molecular weight is 323 g/mol. The molecule has 1 N–H and O–H groups in total. The lowest BCUT2D eigenvalue weighted by molar-refractivity contribution is 0.0546. The molecule has 0 aromatic heterocycles. The molecule has 6 heteroatoms. The van der Waals surface area contributed by atoms with Crippen molar-refractivity contribution in [3.8, 4) is 11.8 Å². The molecule has 0 spiro atoms. The fourth-order valence-corrected chi connectivity index (χ4v) is 2.68. The van der Waals surface area contributed by atoms with Crippen LogP contribution < -0.4 is 4.74 Å². The minimum atomic E-state index is -0.341. The van der Waals surface area contributed by atoms with Gasteiger partial charge in [-0.2, -0.15) is 5.26 Å². The van der Waals surface area contributed by atoms with Crippen LogP contribution in [0.1, 0.15) is 42.1 Å². The zero-order valence-corrected chi connectivity index (χ0v) is 13.3. The fraction of sp³-hybridized carbons (Fsp3) is 0.500. The second-order valence-corrected chi connectivity index (χ2v) is 5.73. The Labute approximate surface area is 135 Å². The highest BCUT2D eigenvalue weighted by molar-refractivity contribution is 6.32. The maximum atomic E-state index is 12.5. The second kappa shape index (κ2) is 7.48. The Morgan fingerprint density at radius 2 is 2.18 bits per heavy atom. The molecule has 0 saturated carbocycles. The smallest absolute Gasteiger partial charge is 0.253 e. The van der Waals surface area contributed by atoms with Crippen LogP contribution in [0.5, 0.6) is 5.75 Å². The lowest BCUT2D eigenvalue weighted by Gasteiger charge is -2.29. The molecule has 2 rings (SSSR count). The van der Waals surface area contributed by atoms with E-state index in [2.05, 4.69) is 0 Å². The van der Waals surface area contributed by atoms with Gasteiger partial charge in [-0.3, -0.25) is 4.79 Å². The van der Waals surface area contributed by atoms with E-state index in [1.807, 2.05) is 13.0 Å². The van der Waals surface area contributed by atoms with Gasteiger partial charge in [0.15, 0.2) is 5.75 Å². The van der Waals surface area contributed by atoms with Gasteiger partial charge in [-0.05, 0) is 31.4 Å². The van der Waals surface area contributed by atoms with E-state index in [1.54, 1.807) is 11.0 Å². The SMILES string of the molecule is CCCOc1c(Cl)cc(C(=O)N2CCC(O)CC2)cc1C#N. The first-order chi connectivity index (χ1) is 10.6. The molecule has 1 aliphatic rings. The molecule has 0 radical (unpaired) electrons. The number of halogens is 1. The van der Waals surface area contributed by atoms with Crippen LogP contribution in [0.2, 0.25) is 5.02 Å². The summed E-state index contributed by atoms with van der Waals surface area (Å²) in [5.74, 6) is 0.156. The molecule has 0 aliphatic carbocycles. The lowest BCUT2D eigenvalue weighted by Crippen LogP contribution is -2.40. The first kappa shape index (κ1) is 16.6. The summed E-state index contributed by atoms with van der Waals surface area (Å²) < 4.78 is 5.49. The van der Waals surface area contributed by atoms with Crippen molar-refractivity contribution in [3.05, 3.63) is 28.3 Å². The highest BCUT2D eigenvalue weighted by Gasteiger charge is 2.24. The maximum Gasteiger partial charge on any atom is 0.253 e. The van der Waals surface area contributed by atoms with E-state index in [0.717, 1.165) is 6.42 Å². The number of nitrogens with zero attached hydrogens (tertiary/aromatic N) is 2. The number of piperidine rings is 1. The molecule has 1 saturated heterocycles. The van der Waals surface area contributed by atoms with Gasteiger partial charge in [0.1, 0.15) is 6.07 Å². The third kappa shape index (κ3) is 3.70. The summed E-state index contributed by atoms with van der Waals surface area (Å²) in [5.41, 5.74) is 0.642. The molecule has 1 heterocycles. The fourth-order valence-electron chi connectivity index (χ4n) is 2.40. The zero-order valence-electron chi connectivity index (χ0n) is 12.5. The van der Waals surface area contributed by atoms with Gasteiger partial charge in [0.2, 0.25) is 0 Å². The molecule has 0 bridgehead atoms. The number of amides is 1. The molecule has 1 aromatic carbocycles. The predicted octanol–water partition coefficient (Wildman–Crippen LogP) is 2.60. The van der Waals surface area contributed by atoms with Gasteiger partial charge in [-0.25, -0.2) is 0 Å². The van der Waals surface area contributed by atoms with Gasteiger partial charge < -0.3 is 14.7 Å². The van der Waals surface area contributed by atoms with Crippen molar-refractivity contribution in [2.75, 3.05) is 19.7 Å². The number of hydrogen-bond acceptors (Lipinski definition) is 4. The van der Waals surface area contributed by atoms with Crippen molar-refractivity contribution in [2.24, 2.45) is 0 Å². The molecule has 0 atom stereocenters. The number of carbonyl (C=O) groups is 1. The number of likely N-dealkylation sites (tertiary alicyclic amines) is 1. The Bertz CT molecular complexity index is 590. The first-order valence-electron chi connectivity index (χ1n) is 7.40. The Morgan fingerprint density at radius 3 is 2.77 bits per heavy atom. The van der Waals surface area contributed by atoms with Crippen molar-refractivity contribution in [1.82, 2.24) is 4.90 Å². The molecule has 5 nitrogen and oxygen atoms in total. The molecular weight excluding hydrogens is 304 g/mol. The topological polar surface area (TPSA) is 73.6 Å². The van der Waals surface area contributed by atoms with Crippen molar-refractivity contribution in [2.45, 2.75) is 32.3 Å². The molecule has 0 unspecified atom stereocenters. The average Bonchev–Trinajstić information content (AvgIpc) is 2.53. The van der Waals surface area contributed by atoms with E-state index in [-0.39, 0.29) is 22.6 Å². The number of nitriles is 1. The molecule has 1 fully saturated rings. The summed E-state index contributed by atoms with van der Waals surface area (Å²) >= 11 is 6.17. The Morgan fingerprint density at radius 1 is 1.50 bits per heavy atom. The Hall–Kier alpha value is -1.77. The van der Waals surface area contributed by atoms with Crippen LogP contribution in [0.25, 0.3) is 0 Å². The number of carbonyl (C=O) groups excluding carboxylic acids is 1. The highest BCUT2D eigenvalue weighted by Crippen LogP contribution is 2.31. The largest absolute Gasteiger partial charge is 0.491 e. The maximum absolute atomic E-state index is 12.5. The van der Waals surface area contributed by atoms with Gasteiger partial charge >= 0.3 is 0 Å². The number of aliphatic hydroxyl groups excluding tert-OH is 1. The number of benzene rings is 1. The molecular formula is C16H19ClN2O3. The minimum absolute atomic E-state index is 0.174. The predicted molar refractivity (Wildman–Crippen MR) is 83.1 cm³/mol. The van der Waals surface area contributed by atoms with E-state index in [1.165, 1.54) is 6.07 Å². The highest BCUT2D eigenvalue weighted by atomic mass is 35.5. The summed E-state index contributed by atoms with van der Waals surface area (Å²) in [6, 6.07) is 5.09. The normalized spacial score (nSPS) is 15.5. The summed E-state index contributed by atoms with van der Waals surface area (Å²) in [6.07, 6.45) is 1.61. The number of rotatable bonds is 4. The number of hydrogen-bond donors (Lipinski definition) is 1. The summed E-state index contributed by atoms with van der Waals surface area (Å²) in [4.78, 5) is 14.2. The molecule has 1 amide bonds. The summed E-state index contributed by atoms with van der Waals surface area (Å²) in [7, 11) is 0. The third-order valence-corrected chi connectivity index (χ3v) is 3.89. The number of aliphatic hydroxyl groups is 1. The van der Waals surface area contributed by atoms with Crippen LogP contribution in [0.3, 0.4) is 0 Å². The first-order valence-corrected chi connectivity index (χ1v) is 7.78. The summed E-state index contributed by atoms with van der Waals surface area (Å²) in [6.45, 7) is 3.44. The van der Waals surface area contributed by atoms with Gasteiger partial charge in [0.05, 0.1) is 23.3 Å². The van der Waals surface area contributed by atoms with E-state index in [0.29, 0.717) is 43.9 Å². The van der Waals surface area contributed by atoms with Crippen LogP contribution >= 0.6 is 11.6 Å². The van der Waals surface area contributed by atoms with E-state index < -0.39 is 0 Å². The van der Waals surface area contributed by atoms with E-state index in [4.69, 9.17) is 16.3 Å². The zero-order chi connectivity index (χ0) is 16.1. The summed E-state index contributed by atoms with van der Waals surface area (Å²) in [5, 5.41) is 19.0. The lowest BCUT2D eigenvalue weighted by atomic mass is 10.0. The molecule has 1 aromatic rings. The number of ether oxygens (including phenoxy) is 1. The minimum Gasteiger partial charge on any atom is -0.491 e.